The van der Waals surface area contributed by atoms with Crippen molar-refractivity contribution in [3.05, 3.63) is 83.1 Å². The van der Waals surface area contributed by atoms with Crippen LogP contribution in [0.5, 0.6) is 5.75 Å². The molecule has 2 N–H and O–H groups in total. The van der Waals surface area contributed by atoms with Gasteiger partial charge in [0.15, 0.2) is 6.10 Å². The SMILES string of the molecule is CC[C@@H]1Oc2ccc(Cl)cc2N(CC(=O)Nc2ccc(CCc3nc4ccccc4[nH]3)cc2)C1=O. The smallest absolute Gasteiger partial charge is 0.268 e. The van der Waals surface area contributed by atoms with Gasteiger partial charge in [0.2, 0.25) is 5.91 Å². The van der Waals surface area contributed by atoms with E-state index >= 15 is 0 Å². The van der Waals surface area contributed by atoms with Crippen molar-refractivity contribution in [2.45, 2.75) is 32.3 Å². The van der Waals surface area contributed by atoms with Gasteiger partial charge in [0.1, 0.15) is 18.1 Å². The first-order valence-corrected chi connectivity index (χ1v) is 12.0. The number of para-hydroxylation sites is 2. The summed E-state index contributed by atoms with van der Waals surface area (Å²) >= 11 is 6.13. The number of amides is 2. The quantitative estimate of drug-likeness (QED) is 0.377. The number of aromatic nitrogens is 2. The van der Waals surface area contributed by atoms with Crippen LogP contribution < -0.4 is 15.0 Å². The van der Waals surface area contributed by atoms with Crippen LogP contribution in [0.3, 0.4) is 0 Å². The molecule has 0 fully saturated rings. The Bertz CT molecular complexity index is 1350. The number of hydrogen-bond acceptors (Lipinski definition) is 4. The van der Waals surface area contributed by atoms with Crippen molar-refractivity contribution in [1.82, 2.24) is 9.97 Å². The van der Waals surface area contributed by atoms with Crippen molar-refractivity contribution in [1.29, 1.82) is 0 Å². The van der Waals surface area contributed by atoms with Crippen molar-refractivity contribution >= 4 is 45.8 Å². The van der Waals surface area contributed by atoms with Crippen molar-refractivity contribution in [2.24, 2.45) is 0 Å². The molecule has 5 rings (SSSR count). The average Bonchev–Trinajstić information content (AvgIpc) is 3.28. The van der Waals surface area contributed by atoms with E-state index < -0.39 is 6.10 Å². The third kappa shape index (κ3) is 5.00. The molecule has 0 bridgehead atoms. The molecule has 4 aromatic rings. The molecule has 2 heterocycles. The van der Waals surface area contributed by atoms with Gasteiger partial charge in [-0.25, -0.2) is 4.98 Å². The number of aryl methyl sites for hydroxylation is 2. The number of H-pyrrole nitrogens is 1. The van der Waals surface area contributed by atoms with Gasteiger partial charge in [-0.3, -0.25) is 14.5 Å². The topological polar surface area (TPSA) is 87.3 Å². The Morgan fingerprint density at radius 1 is 1.11 bits per heavy atom. The van der Waals surface area contributed by atoms with Crippen LogP contribution in [0, 0.1) is 0 Å². The van der Waals surface area contributed by atoms with Gasteiger partial charge in [0, 0.05) is 17.1 Å². The first kappa shape index (κ1) is 22.9. The molecule has 178 valence electrons. The number of fused-ring (bicyclic) bond motifs is 2. The predicted octanol–water partition coefficient (Wildman–Crippen LogP) is 5.14. The summed E-state index contributed by atoms with van der Waals surface area (Å²) in [6.07, 6.45) is 1.50. The number of aromatic amines is 1. The van der Waals surface area contributed by atoms with E-state index in [0.717, 1.165) is 35.3 Å². The lowest BCUT2D eigenvalue weighted by atomic mass is 10.1. The maximum absolute atomic E-state index is 12.9. The minimum Gasteiger partial charge on any atom is -0.478 e. The van der Waals surface area contributed by atoms with Gasteiger partial charge in [-0.2, -0.15) is 0 Å². The van der Waals surface area contributed by atoms with E-state index in [0.29, 0.717) is 28.6 Å². The van der Waals surface area contributed by atoms with Gasteiger partial charge in [-0.1, -0.05) is 42.8 Å². The monoisotopic (exact) mass is 488 g/mol. The fourth-order valence-electron chi connectivity index (χ4n) is 4.20. The van der Waals surface area contributed by atoms with Crippen molar-refractivity contribution < 1.29 is 14.3 Å². The minimum absolute atomic E-state index is 0.125. The second-order valence-corrected chi connectivity index (χ2v) is 8.93. The summed E-state index contributed by atoms with van der Waals surface area (Å²) < 4.78 is 5.78. The van der Waals surface area contributed by atoms with Crippen molar-refractivity contribution in [3.8, 4) is 5.75 Å². The molecule has 0 saturated heterocycles. The Morgan fingerprint density at radius 3 is 2.69 bits per heavy atom. The van der Waals surface area contributed by atoms with Crippen LogP contribution in [-0.2, 0) is 22.4 Å². The number of halogens is 1. The lowest BCUT2D eigenvalue weighted by Gasteiger charge is -2.33. The molecule has 1 aromatic heterocycles. The maximum Gasteiger partial charge on any atom is 0.268 e. The van der Waals surface area contributed by atoms with Gasteiger partial charge in [0.25, 0.3) is 5.91 Å². The van der Waals surface area contributed by atoms with Crippen LogP contribution >= 0.6 is 11.6 Å². The number of ether oxygens (including phenoxy) is 1. The summed E-state index contributed by atoms with van der Waals surface area (Å²) in [5.74, 6) is 0.946. The van der Waals surface area contributed by atoms with Gasteiger partial charge in [0.05, 0.1) is 16.7 Å². The number of rotatable bonds is 7. The zero-order valence-electron chi connectivity index (χ0n) is 19.3. The summed E-state index contributed by atoms with van der Waals surface area (Å²) in [7, 11) is 0. The molecule has 0 unspecified atom stereocenters. The molecule has 1 atom stereocenters. The molecular weight excluding hydrogens is 464 g/mol. The first-order valence-electron chi connectivity index (χ1n) is 11.6. The number of hydrogen-bond donors (Lipinski definition) is 2. The second kappa shape index (κ2) is 9.80. The number of nitrogens with one attached hydrogen (secondary N) is 2. The van der Waals surface area contributed by atoms with E-state index in [1.165, 1.54) is 4.90 Å². The van der Waals surface area contributed by atoms with Crippen LogP contribution in [-0.4, -0.2) is 34.4 Å². The molecule has 0 radical (unpaired) electrons. The third-order valence-electron chi connectivity index (χ3n) is 6.02. The van der Waals surface area contributed by atoms with Crippen LogP contribution in [0.25, 0.3) is 11.0 Å². The largest absolute Gasteiger partial charge is 0.478 e. The number of carbonyl (C=O) groups excluding carboxylic acids is 2. The number of benzene rings is 3. The van der Waals surface area contributed by atoms with Crippen LogP contribution in [0.15, 0.2) is 66.7 Å². The van der Waals surface area contributed by atoms with Crippen LogP contribution in [0.2, 0.25) is 5.02 Å². The summed E-state index contributed by atoms with van der Waals surface area (Å²) in [6.45, 7) is 1.75. The molecular formula is C27H25ClN4O3. The van der Waals surface area contributed by atoms with E-state index in [9.17, 15) is 9.59 Å². The molecule has 3 aromatic carbocycles. The van der Waals surface area contributed by atoms with Gasteiger partial charge in [-0.15, -0.1) is 0 Å². The lowest BCUT2D eigenvalue weighted by molar-refractivity contribution is -0.128. The fraction of sp³-hybridized carbons (Fsp3) is 0.222. The van der Waals surface area contributed by atoms with E-state index in [2.05, 4.69) is 15.3 Å². The highest BCUT2D eigenvalue weighted by Gasteiger charge is 2.34. The molecule has 8 heteroatoms. The Kier molecular flexibility index (Phi) is 6.42. The Balaban J connectivity index is 1.21. The van der Waals surface area contributed by atoms with E-state index in [4.69, 9.17) is 16.3 Å². The molecule has 1 aliphatic heterocycles. The minimum atomic E-state index is -0.623. The first-order chi connectivity index (χ1) is 17.0. The molecule has 7 nitrogen and oxygen atoms in total. The lowest BCUT2D eigenvalue weighted by Crippen LogP contribution is -2.48. The van der Waals surface area contributed by atoms with Crippen LogP contribution in [0.1, 0.15) is 24.7 Å². The van der Waals surface area contributed by atoms with Gasteiger partial charge >= 0.3 is 0 Å². The van der Waals surface area contributed by atoms with Crippen molar-refractivity contribution in [3.63, 3.8) is 0 Å². The van der Waals surface area contributed by atoms with Gasteiger partial charge < -0.3 is 15.0 Å². The maximum atomic E-state index is 12.9. The van der Waals surface area contributed by atoms with E-state index in [1.807, 2.05) is 55.5 Å². The Hall–Kier alpha value is -3.84. The van der Waals surface area contributed by atoms with Gasteiger partial charge in [-0.05, 0) is 60.9 Å². The Morgan fingerprint density at radius 2 is 1.91 bits per heavy atom. The highest BCUT2D eigenvalue weighted by atomic mass is 35.5. The fourth-order valence-corrected chi connectivity index (χ4v) is 4.37. The summed E-state index contributed by atoms with van der Waals surface area (Å²) in [6, 6.07) is 20.8. The number of imidazole rings is 1. The molecule has 35 heavy (non-hydrogen) atoms. The van der Waals surface area contributed by atoms with E-state index in [1.54, 1.807) is 18.2 Å². The third-order valence-corrected chi connectivity index (χ3v) is 6.26. The zero-order chi connectivity index (χ0) is 24.4. The molecule has 0 saturated carbocycles. The summed E-state index contributed by atoms with van der Waals surface area (Å²) in [5, 5.41) is 3.35. The number of nitrogens with zero attached hydrogens (tertiary/aromatic N) is 2. The van der Waals surface area contributed by atoms with Crippen molar-refractivity contribution in [2.75, 3.05) is 16.8 Å². The van der Waals surface area contributed by atoms with E-state index in [-0.39, 0.29) is 18.4 Å². The molecule has 0 aliphatic carbocycles. The normalized spacial score (nSPS) is 15.1. The summed E-state index contributed by atoms with van der Waals surface area (Å²) in [5.41, 5.74) is 4.31. The highest BCUT2D eigenvalue weighted by molar-refractivity contribution is 6.31. The number of carbonyl (C=O) groups is 2. The predicted molar refractivity (Wildman–Crippen MR) is 137 cm³/mol. The molecule has 1 aliphatic rings. The van der Waals surface area contributed by atoms with Crippen LogP contribution in [0.4, 0.5) is 11.4 Å². The average molecular weight is 489 g/mol. The standard InChI is InChI=1S/C27H25ClN4O3/c1-2-23-27(34)32(22-15-18(28)10-13-24(22)35-23)16-26(33)29-19-11-7-17(8-12-19)9-14-25-30-20-5-3-4-6-21(20)31-25/h3-8,10-13,15,23H,2,9,14,16H2,1H3,(H,29,33)(H,30,31)/t23-/m0/s1. The highest BCUT2D eigenvalue weighted by Crippen LogP contribution is 2.36. The molecule has 2 amide bonds. The zero-order valence-corrected chi connectivity index (χ0v) is 20.0. The summed E-state index contributed by atoms with van der Waals surface area (Å²) in [4.78, 5) is 35.1. The second-order valence-electron chi connectivity index (χ2n) is 8.50. The molecule has 0 spiro atoms. The number of anilines is 2. The Labute approximate surface area is 208 Å².